The number of carbonyl (C=O) groups is 2. The van der Waals surface area contributed by atoms with E-state index in [4.69, 9.17) is 9.47 Å². The highest BCUT2D eigenvalue weighted by atomic mass is 16.6. The lowest BCUT2D eigenvalue weighted by Gasteiger charge is -2.15. The van der Waals surface area contributed by atoms with Crippen molar-refractivity contribution in [1.82, 2.24) is 0 Å². The summed E-state index contributed by atoms with van der Waals surface area (Å²) in [7, 11) is 4.84. The van der Waals surface area contributed by atoms with E-state index in [1.165, 1.54) is 26.2 Å². The van der Waals surface area contributed by atoms with Crippen molar-refractivity contribution >= 4 is 23.1 Å². The molecule has 142 valence electrons. The van der Waals surface area contributed by atoms with Gasteiger partial charge in [0, 0.05) is 25.7 Å². The lowest BCUT2D eigenvalue weighted by atomic mass is 10.1. The Kier molecular flexibility index (Phi) is 6.12. The quantitative estimate of drug-likeness (QED) is 0.319. The molecule has 2 aromatic carbocycles. The van der Waals surface area contributed by atoms with E-state index < -0.39 is 17.0 Å². The van der Waals surface area contributed by atoms with Gasteiger partial charge in [-0.3, -0.25) is 14.9 Å². The second-order valence-electron chi connectivity index (χ2n) is 6.00. The highest BCUT2D eigenvalue weighted by molar-refractivity contribution is 6.01. The van der Waals surface area contributed by atoms with Crippen LogP contribution in [0.25, 0.3) is 0 Å². The molecule has 0 amide bonds. The number of ketones is 1. The van der Waals surface area contributed by atoms with E-state index in [1.807, 2.05) is 0 Å². The van der Waals surface area contributed by atoms with E-state index in [0.29, 0.717) is 17.0 Å². The molecule has 0 unspecified atom stereocenters. The summed E-state index contributed by atoms with van der Waals surface area (Å²) < 4.78 is 10.2. The Labute approximate surface area is 156 Å². The molecule has 2 aromatic rings. The van der Waals surface area contributed by atoms with Gasteiger partial charge in [-0.15, -0.1) is 0 Å². The van der Waals surface area contributed by atoms with E-state index in [2.05, 4.69) is 0 Å². The molecule has 0 aliphatic rings. The third-order valence-electron chi connectivity index (χ3n) is 3.92. The van der Waals surface area contributed by atoms with Gasteiger partial charge in [-0.05, 0) is 43.3 Å². The molecule has 2 rings (SSSR count). The number of esters is 1. The van der Waals surface area contributed by atoms with Crippen molar-refractivity contribution in [2.24, 2.45) is 0 Å². The SMILES string of the molecule is COc1ccc(C(=O)[C@H](C)OC(=O)c2ccc(N(C)C)c([N+](=O)[O-])c2)cc1. The minimum atomic E-state index is -1.04. The number of Topliss-reactive ketones (excluding diaryl/α,β-unsaturated/α-hetero) is 1. The van der Waals surface area contributed by atoms with Gasteiger partial charge < -0.3 is 14.4 Å². The molecule has 0 spiro atoms. The van der Waals surface area contributed by atoms with Crippen LogP contribution >= 0.6 is 0 Å². The summed E-state index contributed by atoms with van der Waals surface area (Å²) in [5, 5.41) is 11.2. The second-order valence-corrected chi connectivity index (χ2v) is 6.00. The zero-order valence-electron chi connectivity index (χ0n) is 15.5. The van der Waals surface area contributed by atoms with Crippen LogP contribution in [-0.4, -0.2) is 44.0 Å². The first-order valence-electron chi connectivity index (χ1n) is 8.09. The summed E-state index contributed by atoms with van der Waals surface area (Å²) >= 11 is 0. The predicted molar refractivity (Wildman–Crippen MR) is 99.6 cm³/mol. The first kappa shape index (κ1) is 19.9. The van der Waals surface area contributed by atoms with E-state index in [9.17, 15) is 19.7 Å². The maximum atomic E-state index is 12.4. The summed E-state index contributed by atoms with van der Waals surface area (Å²) in [6, 6.07) is 10.4. The van der Waals surface area contributed by atoms with Crippen LogP contribution in [0.4, 0.5) is 11.4 Å². The van der Waals surface area contributed by atoms with Crippen LogP contribution in [0.15, 0.2) is 42.5 Å². The van der Waals surface area contributed by atoms with Crippen molar-refractivity contribution in [2.45, 2.75) is 13.0 Å². The molecule has 0 radical (unpaired) electrons. The Morgan fingerprint density at radius 2 is 1.67 bits per heavy atom. The van der Waals surface area contributed by atoms with Crippen LogP contribution in [0, 0.1) is 10.1 Å². The lowest BCUT2D eigenvalue weighted by molar-refractivity contribution is -0.384. The molecule has 8 nitrogen and oxygen atoms in total. The standard InChI is InChI=1S/C19H20N2O6/c1-12(18(22)13-5-8-15(26-4)9-6-13)27-19(23)14-7-10-16(20(2)3)17(11-14)21(24)25/h5-12H,1-4H3/t12-/m0/s1. The number of methoxy groups -OCH3 is 1. The first-order chi connectivity index (χ1) is 12.7. The van der Waals surface area contributed by atoms with Crippen molar-refractivity contribution in [3.05, 3.63) is 63.7 Å². The molecule has 0 saturated heterocycles. The fraction of sp³-hybridized carbons (Fsp3) is 0.263. The second kappa shape index (κ2) is 8.31. The van der Waals surface area contributed by atoms with Crippen molar-refractivity contribution in [1.29, 1.82) is 0 Å². The zero-order chi connectivity index (χ0) is 20.1. The fourth-order valence-electron chi connectivity index (χ4n) is 2.45. The van der Waals surface area contributed by atoms with Crippen molar-refractivity contribution in [3.8, 4) is 5.75 Å². The molecule has 1 atom stereocenters. The normalized spacial score (nSPS) is 11.4. The Morgan fingerprint density at radius 1 is 1.07 bits per heavy atom. The molecule has 0 N–H and O–H groups in total. The van der Waals surface area contributed by atoms with E-state index >= 15 is 0 Å². The Morgan fingerprint density at radius 3 is 2.19 bits per heavy atom. The number of anilines is 1. The predicted octanol–water partition coefficient (Wildman–Crippen LogP) is 3.10. The number of ether oxygens (including phenoxy) is 2. The number of nitrogens with zero attached hydrogens (tertiary/aromatic N) is 2. The van der Waals surface area contributed by atoms with Crippen LogP contribution < -0.4 is 9.64 Å². The van der Waals surface area contributed by atoms with E-state index in [0.717, 1.165) is 6.07 Å². The van der Waals surface area contributed by atoms with Gasteiger partial charge in [0.25, 0.3) is 5.69 Å². The summed E-state index contributed by atoms with van der Waals surface area (Å²) in [5.74, 6) is -0.590. The van der Waals surface area contributed by atoms with Gasteiger partial charge >= 0.3 is 5.97 Å². The van der Waals surface area contributed by atoms with Crippen LogP contribution in [0.5, 0.6) is 5.75 Å². The minimum absolute atomic E-state index is 0.00156. The molecule has 0 bridgehead atoms. The van der Waals surface area contributed by atoms with Gasteiger partial charge in [-0.25, -0.2) is 4.79 Å². The number of nitro groups is 1. The Bertz CT molecular complexity index is 861. The number of rotatable bonds is 7. The molecular formula is C19H20N2O6. The van der Waals surface area contributed by atoms with Gasteiger partial charge in [0.2, 0.25) is 5.78 Å². The summed E-state index contributed by atoms with van der Waals surface area (Å²) in [5.41, 5.74) is 0.509. The average molecular weight is 372 g/mol. The maximum absolute atomic E-state index is 12.4. The molecule has 27 heavy (non-hydrogen) atoms. The van der Waals surface area contributed by atoms with E-state index in [-0.39, 0.29) is 17.0 Å². The highest BCUT2D eigenvalue weighted by Crippen LogP contribution is 2.28. The van der Waals surface area contributed by atoms with E-state index in [1.54, 1.807) is 43.3 Å². The molecule has 0 saturated carbocycles. The van der Waals surface area contributed by atoms with Gasteiger partial charge in [-0.1, -0.05) is 0 Å². The monoisotopic (exact) mass is 372 g/mol. The summed E-state index contributed by atoms with van der Waals surface area (Å²) in [6.45, 7) is 1.45. The lowest BCUT2D eigenvalue weighted by Crippen LogP contribution is -2.24. The maximum Gasteiger partial charge on any atom is 0.339 e. The fourth-order valence-corrected chi connectivity index (χ4v) is 2.45. The topological polar surface area (TPSA) is 99.0 Å². The van der Waals surface area contributed by atoms with Crippen molar-refractivity contribution in [3.63, 3.8) is 0 Å². The van der Waals surface area contributed by atoms with Gasteiger partial charge in [0.15, 0.2) is 6.10 Å². The van der Waals surface area contributed by atoms with Gasteiger partial charge in [-0.2, -0.15) is 0 Å². The van der Waals surface area contributed by atoms with Crippen molar-refractivity contribution < 1.29 is 24.0 Å². The summed E-state index contributed by atoms with van der Waals surface area (Å²) in [4.78, 5) is 36.9. The molecule has 0 aliphatic heterocycles. The van der Waals surface area contributed by atoms with Crippen LogP contribution in [0.3, 0.4) is 0 Å². The number of carbonyl (C=O) groups excluding carboxylic acids is 2. The molecule has 0 aromatic heterocycles. The smallest absolute Gasteiger partial charge is 0.339 e. The van der Waals surface area contributed by atoms with Crippen molar-refractivity contribution in [2.75, 3.05) is 26.1 Å². The van der Waals surface area contributed by atoms with Gasteiger partial charge in [0.1, 0.15) is 11.4 Å². The first-order valence-corrected chi connectivity index (χ1v) is 8.09. The summed E-state index contributed by atoms with van der Waals surface area (Å²) in [6.07, 6.45) is -1.04. The van der Waals surface area contributed by atoms with Crippen LogP contribution in [0.2, 0.25) is 0 Å². The zero-order valence-corrected chi connectivity index (χ0v) is 15.5. The Hall–Kier alpha value is -3.42. The highest BCUT2D eigenvalue weighted by Gasteiger charge is 2.23. The van der Waals surface area contributed by atoms with Crippen LogP contribution in [-0.2, 0) is 4.74 Å². The number of hydrogen-bond donors (Lipinski definition) is 0. The number of hydrogen-bond acceptors (Lipinski definition) is 7. The largest absolute Gasteiger partial charge is 0.497 e. The average Bonchev–Trinajstić information content (AvgIpc) is 2.66. The third kappa shape index (κ3) is 4.60. The third-order valence-corrected chi connectivity index (χ3v) is 3.92. The number of benzene rings is 2. The Balaban J connectivity index is 2.16. The molecule has 0 heterocycles. The molecule has 0 fully saturated rings. The minimum Gasteiger partial charge on any atom is -0.497 e. The molecule has 0 aliphatic carbocycles. The molecule has 8 heteroatoms. The van der Waals surface area contributed by atoms with Gasteiger partial charge in [0.05, 0.1) is 17.6 Å². The molecular weight excluding hydrogens is 352 g/mol. The number of nitro benzene ring substituents is 1. The van der Waals surface area contributed by atoms with Crippen LogP contribution in [0.1, 0.15) is 27.6 Å².